The second-order valence-corrected chi connectivity index (χ2v) is 9.10. The molecular formula is C24H33ClN4O3. The molecule has 2 aromatic rings. The van der Waals surface area contributed by atoms with E-state index in [0.29, 0.717) is 29.4 Å². The molecule has 3 rings (SSSR count). The topological polar surface area (TPSA) is 76.6 Å². The Bertz CT molecular complexity index is 885. The van der Waals surface area contributed by atoms with Crippen LogP contribution in [-0.2, 0) is 14.3 Å². The van der Waals surface area contributed by atoms with Crippen LogP contribution in [0.4, 0.5) is 17.2 Å². The van der Waals surface area contributed by atoms with Gasteiger partial charge in [-0.15, -0.1) is 10.2 Å². The Labute approximate surface area is 195 Å². The van der Waals surface area contributed by atoms with E-state index in [1.54, 1.807) is 6.07 Å². The molecule has 0 amide bonds. The van der Waals surface area contributed by atoms with Gasteiger partial charge in [0.15, 0.2) is 11.0 Å². The van der Waals surface area contributed by atoms with E-state index >= 15 is 0 Å². The first-order valence-electron chi connectivity index (χ1n) is 11.2. The van der Waals surface area contributed by atoms with Gasteiger partial charge in [0.2, 0.25) is 0 Å². The molecule has 1 aromatic heterocycles. The molecule has 0 spiro atoms. The highest BCUT2D eigenvalue weighted by molar-refractivity contribution is 6.29. The normalized spacial score (nSPS) is 15.4. The van der Waals surface area contributed by atoms with Crippen molar-refractivity contribution in [2.75, 3.05) is 37.1 Å². The van der Waals surface area contributed by atoms with E-state index in [1.165, 1.54) is 7.11 Å². The third-order valence-corrected chi connectivity index (χ3v) is 5.89. The van der Waals surface area contributed by atoms with Gasteiger partial charge in [-0.2, -0.15) is 0 Å². The first-order valence-corrected chi connectivity index (χ1v) is 11.6. The van der Waals surface area contributed by atoms with Crippen molar-refractivity contribution in [1.29, 1.82) is 0 Å². The summed E-state index contributed by atoms with van der Waals surface area (Å²) in [4.78, 5) is 14.3. The molecule has 174 valence electrons. The molecule has 8 heteroatoms. The Morgan fingerprint density at radius 3 is 2.59 bits per heavy atom. The molecule has 1 aliphatic rings. The lowest BCUT2D eigenvalue weighted by Gasteiger charge is -2.38. The predicted molar refractivity (Wildman–Crippen MR) is 128 cm³/mol. The minimum Gasteiger partial charge on any atom is -0.469 e. The molecule has 1 aromatic carbocycles. The molecule has 0 radical (unpaired) electrons. The number of nitrogens with zero attached hydrogens (tertiary/aromatic N) is 3. The number of methoxy groups -OCH3 is 1. The fourth-order valence-corrected chi connectivity index (χ4v) is 4.12. The maximum atomic E-state index is 11.8. The molecule has 0 saturated carbocycles. The van der Waals surface area contributed by atoms with Crippen LogP contribution < -0.4 is 10.2 Å². The summed E-state index contributed by atoms with van der Waals surface area (Å²) in [5, 5.41) is 11.9. The molecular weight excluding hydrogens is 428 g/mol. The number of carbonyl (C=O) groups excluding carboxylic acids is 1. The summed E-state index contributed by atoms with van der Waals surface area (Å²) in [6.07, 6.45) is 2.31. The van der Waals surface area contributed by atoms with Crippen molar-refractivity contribution in [3.63, 3.8) is 0 Å². The lowest BCUT2D eigenvalue weighted by Crippen LogP contribution is -2.42. The van der Waals surface area contributed by atoms with Gasteiger partial charge in [-0.1, -0.05) is 38.4 Å². The van der Waals surface area contributed by atoms with Crippen LogP contribution in [0, 0.1) is 5.92 Å². The Hall–Kier alpha value is -2.38. The predicted octanol–water partition coefficient (Wildman–Crippen LogP) is 5.18. The van der Waals surface area contributed by atoms with Gasteiger partial charge >= 0.3 is 5.97 Å². The number of carbonyl (C=O) groups is 1. The average molecular weight is 461 g/mol. The highest BCUT2D eigenvalue weighted by Crippen LogP contribution is 2.36. The number of nitrogens with one attached hydrogen (secondary N) is 1. The summed E-state index contributed by atoms with van der Waals surface area (Å²) >= 11 is 5.92. The molecule has 1 fully saturated rings. The van der Waals surface area contributed by atoms with Crippen LogP contribution in [0.5, 0.6) is 0 Å². The van der Waals surface area contributed by atoms with Crippen molar-refractivity contribution < 1.29 is 14.3 Å². The first kappa shape index (κ1) is 24.3. The number of halogens is 1. The molecule has 1 aliphatic heterocycles. The quantitative estimate of drug-likeness (QED) is 0.516. The van der Waals surface area contributed by atoms with Gasteiger partial charge in [-0.3, -0.25) is 4.79 Å². The number of aromatic nitrogens is 2. The van der Waals surface area contributed by atoms with E-state index in [0.717, 1.165) is 49.5 Å². The third-order valence-electron chi connectivity index (χ3n) is 5.69. The van der Waals surface area contributed by atoms with Crippen molar-refractivity contribution in [1.82, 2.24) is 10.2 Å². The molecule has 2 heterocycles. The van der Waals surface area contributed by atoms with Crippen LogP contribution in [0.25, 0.3) is 0 Å². The van der Waals surface area contributed by atoms with Crippen molar-refractivity contribution >= 4 is 34.8 Å². The summed E-state index contributed by atoms with van der Waals surface area (Å²) in [5.74, 6) is 0.919. The molecule has 0 unspecified atom stereocenters. The third kappa shape index (κ3) is 6.56. The van der Waals surface area contributed by atoms with Crippen molar-refractivity contribution in [2.45, 2.75) is 52.0 Å². The van der Waals surface area contributed by atoms with E-state index in [9.17, 15) is 4.79 Å². The SMILES string of the molecule is COC(=O)C[C@@H](C)c1ccc(N(CC(C)C)C2CCOCC2)c(Nc2ccc(Cl)nn2)c1. The van der Waals surface area contributed by atoms with Gasteiger partial charge in [0, 0.05) is 25.8 Å². The maximum Gasteiger partial charge on any atom is 0.306 e. The van der Waals surface area contributed by atoms with Crippen molar-refractivity contribution in [2.24, 2.45) is 5.92 Å². The van der Waals surface area contributed by atoms with Crippen LogP contribution in [0.2, 0.25) is 5.15 Å². The fourth-order valence-electron chi connectivity index (χ4n) is 4.02. The number of benzene rings is 1. The van der Waals surface area contributed by atoms with Gasteiger partial charge in [0.1, 0.15) is 0 Å². The molecule has 7 nitrogen and oxygen atoms in total. The molecule has 1 saturated heterocycles. The number of hydrogen-bond acceptors (Lipinski definition) is 7. The maximum absolute atomic E-state index is 11.8. The second-order valence-electron chi connectivity index (χ2n) is 8.71. The Kier molecular flexibility index (Phi) is 8.70. The summed E-state index contributed by atoms with van der Waals surface area (Å²) in [6.45, 7) is 8.98. The highest BCUT2D eigenvalue weighted by atomic mass is 35.5. The van der Waals surface area contributed by atoms with Crippen LogP contribution in [0.1, 0.15) is 51.5 Å². The van der Waals surface area contributed by atoms with Crippen LogP contribution in [0.3, 0.4) is 0 Å². The summed E-state index contributed by atoms with van der Waals surface area (Å²) in [6, 6.07) is 10.3. The zero-order chi connectivity index (χ0) is 23.1. The summed E-state index contributed by atoms with van der Waals surface area (Å²) in [7, 11) is 1.42. The van der Waals surface area contributed by atoms with Crippen LogP contribution >= 0.6 is 11.6 Å². The standard InChI is InChI=1S/C24H33ClN4O3/c1-16(2)15-29(19-9-11-32-12-10-19)21-6-5-18(17(3)13-24(30)31-4)14-20(21)26-23-8-7-22(25)27-28-23/h5-8,14,16-17,19H,9-13,15H2,1-4H3,(H,26,28)/t17-/m1/s1. The molecule has 0 aliphatic carbocycles. The minimum absolute atomic E-state index is 0.0231. The smallest absolute Gasteiger partial charge is 0.306 e. The number of anilines is 3. The average Bonchev–Trinajstić information content (AvgIpc) is 2.79. The summed E-state index contributed by atoms with van der Waals surface area (Å²) in [5.41, 5.74) is 3.10. The van der Waals surface area contributed by atoms with E-state index in [-0.39, 0.29) is 11.9 Å². The van der Waals surface area contributed by atoms with Gasteiger partial charge in [0.25, 0.3) is 0 Å². The molecule has 32 heavy (non-hydrogen) atoms. The lowest BCUT2D eigenvalue weighted by atomic mass is 9.95. The van der Waals surface area contributed by atoms with Crippen molar-refractivity contribution in [3.05, 3.63) is 41.0 Å². The monoisotopic (exact) mass is 460 g/mol. The van der Waals surface area contributed by atoms with E-state index in [1.807, 2.05) is 13.0 Å². The van der Waals surface area contributed by atoms with E-state index in [4.69, 9.17) is 21.1 Å². The largest absolute Gasteiger partial charge is 0.469 e. The van der Waals surface area contributed by atoms with E-state index < -0.39 is 0 Å². The van der Waals surface area contributed by atoms with Crippen molar-refractivity contribution in [3.8, 4) is 0 Å². The number of esters is 1. The second kappa shape index (κ2) is 11.5. The minimum atomic E-state index is -0.219. The summed E-state index contributed by atoms with van der Waals surface area (Å²) < 4.78 is 10.5. The van der Waals surface area contributed by atoms with Gasteiger partial charge < -0.3 is 19.7 Å². The number of hydrogen-bond donors (Lipinski definition) is 1. The molecule has 1 N–H and O–H groups in total. The number of ether oxygens (including phenoxy) is 2. The lowest BCUT2D eigenvalue weighted by molar-refractivity contribution is -0.140. The van der Waals surface area contributed by atoms with Gasteiger partial charge in [0.05, 0.1) is 24.9 Å². The Balaban J connectivity index is 1.99. The molecule has 1 atom stereocenters. The van der Waals surface area contributed by atoms with Gasteiger partial charge in [-0.25, -0.2) is 0 Å². The van der Waals surface area contributed by atoms with Gasteiger partial charge in [-0.05, 0) is 54.5 Å². The Morgan fingerprint density at radius 1 is 1.22 bits per heavy atom. The first-order chi connectivity index (χ1) is 15.4. The fraction of sp³-hybridized carbons (Fsp3) is 0.542. The Morgan fingerprint density at radius 2 is 1.97 bits per heavy atom. The highest BCUT2D eigenvalue weighted by Gasteiger charge is 2.25. The van der Waals surface area contributed by atoms with E-state index in [2.05, 4.69) is 52.5 Å². The number of rotatable bonds is 9. The zero-order valence-electron chi connectivity index (χ0n) is 19.3. The van der Waals surface area contributed by atoms with Crippen LogP contribution in [-0.4, -0.2) is 49.1 Å². The molecule has 0 bridgehead atoms. The zero-order valence-corrected chi connectivity index (χ0v) is 20.1. The van der Waals surface area contributed by atoms with Crippen LogP contribution in [0.15, 0.2) is 30.3 Å².